The lowest BCUT2D eigenvalue weighted by Crippen LogP contribution is -2.40. The standard InChI is InChI=1S/C10H17NO3/c1-3-5-7-9(12)11-8(6-4-2)10(13)14/h4,8H,2-3,5-7H2,1H3,(H,11,12)(H,13,14). The highest BCUT2D eigenvalue weighted by molar-refractivity contribution is 5.83. The first-order valence-electron chi connectivity index (χ1n) is 4.74. The molecule has 0 aromatic heterocycles. The van der Waals surface area contributed by atoms with Crippen molar-refractivity contribution in [1.82, 2.24) is 5.32 Å². The maximum absolute atomic E-state index is 11.2. The van der Waals surface area contributed by atoms with Crippen molar-refractivity contribution in [2.45, 2.75) is 38.6 Å². The van der Waals surface area contributed by atoms with E-state index >= 15 is 0 Å². The third-order valence-electron chi connectivity index (χ3n) is 1.79. The van der Waals surface area contributed by atoms with E-state index in [-0.39, 0.29) is 12.3 Å². The summed E-state index contributed by atoms with van der Waals surface area (Å²) in [6.45, 7) is 5.42. The fourth-order valence-corrected chi connectivity index (χ4v) is 0.992. The number of rotatable bonds is 7. The van der Waals surface area contributed by atoms with E-state index in [0.717, 1.165) is 12.8 Å². The topological polar surface area (TPSA) is 66.4 Å². The third-order valence-corrected chi connectivity index (χ3v) is 1.79. The van der Waals surface area contributed by atoms with Gasteiger partial charge in [-0.15, -0.1) is 6.58 Å². The van der Waals surface area contributed by atoms with Crippen molar-refractivity contribution in [3.05, 3.63) is 12.7 Å². The number of amides is 1. The smallest absolute Gasteiger partial charge is 0.326 e. The van der Waals surface area contributed by atoms with Crippen molar-refractivity contribution < 1.29 is 14.7 Å². The summed E-state index contributed by atoms with van der Waals surface area (Å²) in [4.78, 5) is 21.8. The van der Waals surface area contributed by atoms with E-state index in [2.05, 4.69) is 11.9 Å². The normalized spacial score (nSPS) is 11.8. The SMILES string of the molecule is C=CCC(NC(=O)CCCC)C(=O)O. The molecule has 80 valence electrons. The molecule has 1 amide bonds. The van der Waals surface area contributed by atoms with Crippen LogP contribution in [0.15, 0.2) is 12.7 Å². The average molecular weight is 199 g/mol. The molecule has 0 aliphatic rings. The zero-order valence-electron chi connectivity index (χ0n) is 8.45. The molecule has 0 saturated carbocycles. The number of hydrogen-bond acceptors (Lipinski definition) is 2. The van der Waals surface area contributed by atoms with Gasteiger partial charge in [-0.3, -0.25) is 4.79 Å². The molecule has 0 aromatic rings. The average Bonchev–Trinajstić information content (AvgIpc) is 2.14. The van der Waals surface area contributed by atoms with Gasteiger partial charge >= 0.3 is 5.97 Å². The van der Waals surface area contributed by atoms with E-state index in [0.29, 0.717) is 6.42 Å². The Morgan fingerprint density at radius 2 is 2.21 bits per heavy atom. The number of carbonyl (C=O) groups is 2. The lowest BCUT2D eigenvalue weighted by Gasteiger charge is -2.11. The number of unbranched alkanes of at least 4 members (excludes halogenated alkanes) is 1. The zero-order chi connectivity index (χ0) is 11.0. The summed E-state index contributed by atoms with van der Waals surface area (Å²) in [6, 6.07) is -0.836. The summed E-state index contributed by atoms with van der Waals surface area (Å²) in [5, 5.41) is 11.2. The summed E-state index contributed by atoms with van der Waals surface area (Å²) in [5.41, 5.74) is 0. The minimum absolute atomic E-state index is 0.207. The Kier molecular flexibility index (Phi) is 6.45. The van der Waals surface area contributed by atoms with Crippen LogP contribution in [0.5, 0.6) is 0 Å². The van der Waals surface area contributed by atoms with Crippen LogP contribution in [-0.4, -0.2) is 23.0 Å². The van der Waals surface area contributed by atoms with Crippen LogP contribution in [0.3, 0.4) is 0 Å². The van der Waals surface area contributed by atoms with E-state index in [4.69, 9.17) is 5.11 Å². The quantitative estimate of drug-likeness (QED) is 0.608. The highest BCUT2D eigenvalue weighted by Crippen LogP contribution is 1.97. The van der Waals surface area contributed by atoms with Crippen LogP contribution in [0.2, 0.25) is 0 Å². The predicted octanol–water partition coefficient (Wildman–Crippen LogP) is 1.32. The molecule has 14 heavy (non-hydrogen) atoms. The van der Waals surface area contributed by atoms with Gasteiger partial charge in [0, 0.05) is 6.42 Å². The van der Waals surface area contributed by atoms with Crippen molar-refractivity contribution in [3.8, 4) is 0 Å². The molecule has 2 N–H and O–H groups in total. The van der Waals surface area contributed by atoms with Gasteiger partial charge in [-0.2, -0.15) is 0 Å². The number of carbonyl (C=O) groups excluding carboxylic acids is 1. The van der Waals surface area contributed by atoms with Crippen LogP contribution in [0.4, 0.5) is 0 Å². The van der Waals surface area contributed by atoms with Crippen LogP contribution >= 0.6 is 0 Å². The molecule has 4 nitrogen and oxygen atoms in total. The van der Waals surface area contributed by atoms with Crippen LogP contribution in [0, 0.1) is 0 Å². The Hall–Kier alpha value is -1.32. The van der Waals surface area contributed by atoms with Gasteiger partial charge in [-0.05, 0) is 12.8 Å². The van der Waals surface area contributed by atoms with E-state index in [9.17, 15) is 9.59 Å². The van der Waals surface area contributed by atoms with Crippen molar-refractivity contribution in [2.75, 3.05) is 0 Å². The molecule has 0 radical (unpaired) electrons. The molecule has 0 rings (SSSR count). The molecule has 0 aliphatic heterocycles. The second-order valence-electron chi connectivity index (χ2n) is 3.09. The molecule has 4 heteroatoms. The minimum Gasteiger partial charge on any atom is -0.480 e. The molecule has 1 unspecified atom stereocenters. The molecule has 0 fully saturated rings. The number of aliphatic carboxylic acids is 1. The molecule has 0 spiro atoms. The first-order chi connectivity index (χ1) is 6.61. The first kappa shape index (κ1) is 12.7. The van der Waals surface area contributed by atoms with Crippen LogP contribution in [0.25, 0.3) is 0 Å². The Labute approximate surface area is 84.0 Å². The van der Waals surface area contributed by atoms with Gasteiger partial charge in [-0.25, -0.2) is 4.79 Å². The highest BCUT2D eigenvalue weighted by Gasteiger charge is 2.17. The van der Waals surface area contributed by atoms with Crippen molar-refractivity contribution in [2.24, 2.45) is 0 Å². The minimum atomic E-state index is -1.02. The molecule has 0 aromatic carbocycles. The molecular formula is C10H17NO3. The van der Waals surface area contributed by atoms with Crippen LogP contribution in [0.1, 0.15) is 32.6 Å². The fourth-order valence-electron chi connectivity index (χ4n) is 0.992. The number of carboxylic acids is 1. The third kappa shape index (κ3) is 5.35. The summed E-state index contributed by atoms with van der Waals surface area (Å²) < 4.78 is 0. The van der Waals surface area contributed by atoms with Gasteiger partial charge in [0.1, 0.15) is 6.04 Å². The Morgan fingerprint density at radius 3 is 2.64 bits per heavy atom. The zero-order valence-corrected chi connectivity index (χ0v) is 8.45. The van der Waals surface area contributed by atoms with E-state index in [1.54, 1.807) is 0 Å². The molecule has 0 aliphatic carbocycles. The number of nitrogens with one attached hydrogen (secondary N) is 1. The Bertz CT molecular complexity index is 213. The highest BCUT2D eigenvalue weighted by atomic mass is 16.4. The van der Waals surface area contributed by atoms with E-state index in [1.165, 1.54) is 6.08 Å². The summed E-state index contributed by atoms with van der Waals surface area (Å²) in [7, 11) is 0. The van der Waals surface area contributed by atoms with Gasteiger partial charge in [0.2, 0.25) is 5.91 Å². The van der Waals surface area contributed by atoms with Gasteiger partial charge in [0.25, 0.3) is 0 Å². The molecular weight excluding hydrogens is 182 g/mol. The number of carboxylic acid groups (broad SMARTS) is 1. The molecule has 1 atom stereocenters. The lowest BCUT2D eigenvalue weighted by atomic mass is 10.2. The Balaban J connectivity index is 3.95. The predicted molar refractivity (Wildman–Crippen MR) is 53.9 cm³/mol. The summed E-state index contributed by atoms with van der Waals surface area (Å²) in [5.74, 6) is -1.23. The van der Waals surface area contributed by atoms with Crippen molar-refractivity contribution >= 4 is 11.9 Å². The van der Waals surface area contributed by atoms with Gasteiger partial charge < -0.3 is 10.4 Å². The van der Waals surface area contributed by atoms with Crippen molar-refractivity contribution in [3.63, 3.8) is 0 Å². The largest absolute Gasteiger partial charge is 0.480 e. The second-order valence-corrected chi connectivity index (χ2v) is 3.09. The van der Waals surface area contributed by atoms with Gasteiger partial charge in [0.15, 0.2) is 0 Å². The number of hydrogen-bond donors (Lipinski definition) is 2. The monoisotopic (exact) mass is 199 g/mol. The van der Waals surface area contributed by atoms with E-state index in [1.807, 2.05) is 6.92 Å². The lowest BCUT2D eigenvalue weighted by molar-refractivity contribution is -0.141. The summed E-state index contributed by atoms with van der Waals surface area (Å²) in [6.07, 6.45) is 3.84. The maximum Gasteiger partial charge on any atom is 0.326 e. The molecule has 0 heterocycles. The molecule has 0 saturated heterocycles. The fraction of sp³-hybridized carbons (Fsp3) is 0.600. The maximum atomic E-state index is 11.2. The molecule has 0 bridgehead atoms. The first-order valence-corrected chi connectivity index (χ1v) is 4.74. The van der Waals surface area contributed by atoms with E-state index < -0.39 is 12.0 Å². The second kappa shape index (κ2) is 7.12. The Morgan fingerprint density at radius 1 is 1.57 bits per heavy atom. The van der Waals surface area contributed by atoms with Crippen molar-refractivity contribution in [1.29, 1.82) is 0 Å². The van der Waals surface area contributed by atoms with Gasteiger partial charge in [0.05, 0.1) is 0 Å². The summed E-state index contributed by atoms with van der Waals surface area (Å²) >= 11 is 0. The van der Waals surface area contributed by atoms with Crippen LogP contribution in [-0.2, 0) is 9.59 Å². The van der Waals surface area contributed by atoms with Crippen LogP contribution < -0.4 is 5.32 Å². The van der Waals surface area contributed by atoms with Gasteiger partial charge in [-0.1, -0.05) is 19.4 Å².